The van der Waals surface area contributed by atoms with Crippen LogP contribution in [0.1, 0.15) is 38.5 Å². The largest absolute Gasteiger partial charge is 0.861 e. The van der Waals surface area contributed by atoms with Crippen LogP contribution in [0.2, 0.25) is 0 Å². The van der Waals surface area contributed by atoms with Gasteiger partial charge in [0.15, 0.2) is 0 Å². The first kappa shape index (κ1) is 15.1. The highest BCUT2D eigenvalue weighted by atomic mass is 32.2. The van der Waals surface area contributed by atoms with Gasteiger partial charge in [0.2, 0.25) is 0 Å². The summed E-state index contributed by atoms with van der Waals surface area (Å²) in [4.78, 5) is 0. The number of nitrogens with zero attached hydrogens (tertiary/aromatic N) is 1. The molecule has 21 heavy (non-hydrogen) atoms. The van der Waals surface area contributed by atoms with Gasteiger partial charge in [-0.25, -0.2) is 0 Å². The summed E-state index contributed by atoms with van der Waals surface area (Å²) in [5.74, 6) is -1.12. The van der Waals surface area contributed by atoms with Crippen LogP contribution >= 0.6 is 0 Å². The molecule has 4 rings (SSSR count). The van der Waals surface area contributed by atoms with Crippen molar-refractivity contribution in [1.29, 1.82) is 0 Å². The van der Waals surface area contributed by atoms with Gasteiger partial charge in [-0.05, 0) is 56.3 Å². The monoisotopic (exact) mass is 326 g/mol. The summed E-state index contributed by atoms with van der Waals surface area (Å²) in [7, 11) is -5.82. The molecule has 0 aromatic heterocycles. The lowest BCUT2D eigenvalue weighted by atomic mass is 9.48. The SMILES string of the molecule is O=S(=O)(/N=C(\[O-])C12CC3CC(CC(O)(C3)C1)C2)C(F)(F)F. The van der Waals surface area contributed by atoms with Crippen LogP contribution in [-0.2, 0) is 10.0 Å². The minimum absolute atomic E-state index is 0.0166. The standard InChI is InChI=1S/C12H16F3NO4S/c13-12(14,15)21(19,20)16-9(17)10-2-7-1-8(3-10)5-11(18,4-7)6-10/h7-8,18H,1-6H2,(H,16,17)/p-1. The summed E-state index contributed by atoms with van der Waals surface area (Å²) < 4.78 is 61.7. The first-order chi connectivity index (χ1) is 9.45. The molecule has 0 aromatic rings. The van der Waals surface area contributed by atoms with Crippen LogP contribution in [0.15, 0.2) is 4.40 Å². The summed E-state index contributed by atoms with van der Waals surface area (Å²) in [5, 5.41) is 22.6. The molecule has 0 amide bonds. The van der Waals surface area contributed by atoms with E-state index in [1.54, 1.807) is 0 Å². The van der Waals surface area contributed by atoms with Crippen molar-refractivity contribution in [2.45, 2.75) is 49.6 Å². The normalized spacial score (nSPS) is 43.3. The number of sulfonamides is 1. The molecule has 4 bridgehead atoms. The van der Waals surface area contributed by atoms with Gasteiger partial charge in [-0.2, -0.15) is 26.0 Å². The number of rotatable bonds is 2. The molecular weight excluding hydrogens is 311 g/mol. The van der Waals surface area contributed by atoms with Crippen LogP contribution in [-0.4, -0.2) is 30.5 Å². The van der Waals surface area contributed by atoms with E-state index >= 15 is 0 Å². The summed E-state index contributed by atoms with van der Waals surface area (Å²) >= 11 is 0. The minimum atomic E-state index is -5.82. The van der Waals surface area contributed by atoms with E-state index in [1.807, 2.05) is 0 Å². The van der Waals surface area contributed by atoms with Crippen molar-refractivity contribution in [3.8, 4) is 0 Å². The molecule has 0 radical (unpaired) electrons. The van der Waals surface area contributed by atoms with Crippen molar-refractivity contribution in [3.63, 3.8) is 0 Å². The third kappa shape index (κ3) is 2.34. The predicted octanol–water partition coefficient (Wildman–Crippen LogP) is 0.926. The maximum absolute atomic E-state index is 12.4. The molecule has 0 spiro atoms. The van der Waals surface area contributed by atoms with Crippen LogP contribution in [0, 0.1) is 17.3 Å². The number of alkyl halides is 3. The number of aliphatic hydroxyl groups is 1. The molecule has 1 N–H and O–H groups in total. The Morgan fingerprint density at radius 1 is 1.19 bits per heavy atom. The molecule has 2 atom stereocenters. The van der Waals surface area contributed by atoms with Crippen molar-refractivity contribution in [2.24, 2.45) is 21.6 Å². The molecule has 2 unspecified atom stereocenters. The zero-order valence-corrected chi connectivity index (χ0v) is 11.9. The number of hydrogen-bond donors (Lipinski definition) is 1. The molecule has 0 heterocycles. The van der Waals surface area contributed by atoms with Crippen LogP contribution in [0.5, 0.6) is 0 Å². The van der Waals surface area contributed by atoms with E-state index in [2.05, 4.69) is 4.40 Å². The highest BCUT2D eigenvalue weighted by Crippen LogP contribution is 2.61. The maximum atomic E-state index is 12.4. The fourth-order valence-corrected chi connectivity index (χ4v) is 5.24. The second kappa shape index (κ2) is 4.13. The number of halogens is 3. The topological polar surface area (TPSA) is 89.8 Å². The van der Waals surface area contributed by atoms with E-state index in [0.717, 1.165) is 6.42 Å². The van der Waals surface area contributed by atoms with Gasteiger partial charge in [0.1, 0.15) is 0 Å². The van der Waals surface area contributed by atoms with Crippen LogP contribution in [0.3, 0.4) is 0 Å². The fourth-order valence-electron chi connectivity index (χ4n) is 4.72. The van der Waals surface area contributed by atoms with E-state index in [1.165, 1.54) is 0 Å². The summed E-state index contributed by atoms with van der Waals surface area (Å²) in [5.41, 5.74) is -7.86. The van der Waals surface area contributed by atoms with E-state index < -0.39 is 32.4 Å². The Morgan fingerprint density at radius 2 is 1.71 bits per heavy atom. The molecule has 0 saturated heterocycles. The van der Waals surface area contributed by atoms with Gasteiger partial charge >= 0.3 is 15.5 Å². The molecule has 4 aliphatic carbocycles. The van der Waals surface area contributed by atoms with Crippen molar-refractivity contribution in [1.82, 2.24) is 0 Å². The third-order valence-corrected chi connectivity index (χ3v) is 5.97. The Hall–Kier alpha value is -0.830. The molecule has 5 nitrogen and oxygen atoms in total. The predicted molar refractivity (Wildman–Crippen MR) is 64.5 cm³/mol. The van der Waals surface area contributed by atoms with Crippen LogP contribution in [0.4, 0.5) is 13.2 Å². The molecule has 120 valence electrons. The molecule has 4 aliphatic rings. The van der Waals surface area contributed by atoms with Gasteiger partial charge in [0.05, 0.1) is 5.60 Å². The summed E-state index contributed by atoms with van der Waals surface area (Å²) in [6.07, 6.45) is 2.56. The minimum Gasteiger partial charge on any atom is -0.861 e. The number of hydrogen-bond acceptors (Lipinski definition) is 4. The maximum Gasteiger partial charge on any atom is 0.518 e. The van der Waals surface area contributed by atoms with E-state index in [0.29, 0.717) is 25.7 Å². The molecular formula is C12H15F3NO4S-. The average molecular weight is 326 g/mol. The highest BCUT2D eigenvalue weighted by molar-refractivity contribution is 7.91. The van der Waals surface area contributed by atoms with Gasteiger partial charge in [0, 0.05) is 5.41 Å². The van der Waals surface area contributed by atoms with E-state index in [-0.39, 0.29) is 18.3 Å². The van der Waals surface area contributed by atoms with Crippen molar-refractivity contribution >= 4 is 15.9 Å². The van der Waals surface area contributed by atoms with Gasteiger partial charge < -0.3 is 10.2 Å². The lowest BCUT2D eigenvalue weighted by Crippen LogP contribution is -2.60. The first-order valence-corrected chi connectivity index (χ1v) is 8.20. The first-order valence-electron chi connectivity index (χ1n) is 6.76. The Balaban J connectivity index is 1.97. The second-order valence-corrected chi connectivity index (χ2v) is 8.38. The zero-order chi connectivity index (χ0) is 15.7. The summed E-state index contributed by atoms with van der Waals surface area (Å²) in [6.45, 7) is 0. The second-order valence-electron chi connectivity index (χ2n) is 6.78. The quantitative estimate of drug-likeness (QED) is 0.604. The van der Waals surface area contributed by atoms with Crippen molar-refractivity contribution < 1.29 is 31.8 Å². The zero-order valence-electron chi connectivity index (χ0n) is 11.1. The van der Waals surface area contributed by atoms with Crippen molar-refractivity contribution in [3.05, 3.63) is 0 Å². The molecule has 0 aromatic carbocycles. The lowest BCUT2D eigenvalue weighted by Gasteiger charge is -2.61. The van der Waals surface area contributed by atoms with Crippen LogP contribution in [0.25, 0.3) is 0 Å². The van der Waals surface area contributed by atoms with Gasteiger partial charge in [0.25, 0.3) is 0 Å². The van der Waals surface area contributed by atoms with Crippen LogP contribution < -0.4 is 5.11 Å². The Morgan fingerprint density at radius 3 is 2.14 bits per heavy atom. The molecule has 4 fully saturated rings. The summed E-state index contributed by atoms with van der Waals surface area (Å²) in [6, 6.07) is 0. The Kier molecular flexibility index (Phi) is 2.96. The third-order valence-electron chi connectivity index (χ3n) is 4.98. The Labute approximate surface area is 119 Å². The van der Waals surface area contributed by atoms with Crippen molar-refractivity contribution in [2.75, 3.05) is 0 Å². The van der Waals surface area contributed by atoms with Gasteiger partial charge in [-0.1, -0.05) is 0 Å². The van der Waals surface area contributed by atoms with Gasteiger partial charge in [-0.15, -0.1) is 0 Å². The lowest BCUT2D eigenvalue weighted by molar-refractivity contribution is -0.251. The molecule has 9 heteroatoms. The fraction of sp³-hybridized carbons (Fsp3) is 0.917. The average Bonchev–Trinajstić information content (AvgIpc) is 2.22. The molecule has 0 aliphatic heterocycles. The molecule has 4 saturated carbocycles. The highest BCUT2D eigenvalue weighted by Gasteiger charge is 2.58. The van der Waals surface area contributed by atoms with E-state index in [9.17, 15) is 31.8 Å². The Bertz CT molecular complexity index is 584. The van der Waals surface area contributed by atoms with Gasteiger partial charge in [-0.3, -0.25) is 0 Å². The smallest absolute Gasteiger partial charge is 0.518 e. The van der Waals surface area contributed by atoms with E-state index in [4.69, 9.17) is 0 Å².